The standard InChI is InChI=1S/C18H18N6O2S/c1-10-15-13(27-24-10)8-7-12(17(25)21-15)19-18(26)16-20-14(22-23-16)9-11-5-3-2-4-6-11/h2-6,12H,7-9H2,1H3,(H,19,26)(H,21,25)(H,20,22,23)/t12-/m0/s1. The summed E-state index contributed by atoms with van der Waals surface area (Å²) in [6.07, 6.45) is 1.74. The van der Waals surface area contributed by atoms with Crippen LogP contribution in [0.1, 0.15) is 39.0 Å². The lowest BCUT2D eigenvalue weighted by Gasteiger charge is -2.14. The topological polar surface area (TPSA) is 113 Å². The van der Waals surface area contributed by atoms with Crippen molar-refractivity contribution in [2.45, 2.75) is 32.2 Å². The molecule has 0 fully saturated rings. The molecular weight excluding hydrogens is 364 g/mol. The number of carbonyl (C=O) groups excluding carboxylic acids is 2. The highest BCUT2D eigenvalue weighted by Gasteiger charge is 2.28. The second-order valence-electron chi connectivity index (χ2n) is 6.39. The fourth-order valence-corrected chi connectivity index (χ4v) is 3.83. The summed E-state index contributed by atoms with van der Waals surface area (Å²) in [7, 11) is 0. The minimum absolute atomic E-state index is 0.0330. The molecule has 3 N–H and O–H groups in total. The zero-order valence-electron chi connectivity index (χ0n) is 14.7. The lowest BCUT2D eigenvalue weighted by atomic mass is 10.1. The lowest BCUT2D eigenvalue weighted by Crippen LogP contribution is -2.43. The van der Waals surface area contributed by atoms with Crippen molar-refractivity contribution in [3.8, 4) is 0 Å². The van der Waals surface area contributed by atoms with E-state index in [1.165, 1.54) is 11.5 Å². The summed E-state index contributed by atoms with van der Waals surface area (Å²) in [5.74, 6) is -0.0811. The number of amides is 2. The third kappa shape index (κ3) is 3.72. The van der Waals surface area contributed by atoms with Crippen LogP contribution < -0.4 is 10.6 Å². The minimum Gasteiger partial charge on any atom is -0.337 e. The lowest BCUT2D eigenvalue weighted by molar-refractivity contribution is -0.118. The number of anilines is 1. The van der Waals surface area contributed by atoms with Gasteiger partial charge in [-0.05, 0) is 36.9 Å². The first-order valence-corrected chi connectivity index (χ1v) is 9.39. The Labute approximate surface area is 159 Å². The zero-order chi connectivity index (χ0) is 18.8. The number of nitrogens with one attached hydrogen (secondary N) is 3. The molecule has 9 heteroatoms. The van der Waals surface area contributed by atoms with Crippen molar-refractivity contribution in [3.05, 3.63) is 58.1 Å². The number of carbonyl (C=O) groups is 2. The summed E-state index contributed by atoms with van der Waals surface area (Å²) in [5.41, 5.74) is 2.64. The average Bonchev–Trinajstić information content (AvgIpc) is 3.23. The van der Waals surface area contributed by atoms with E-state index < -0.39 is 11.9 Å². The predicted octanol–water partition coefficient (Wildman–Crippen LogP) is 1.84. The molecule has 0 bridgehead atoms. The maximum absolute atomic E-state index is 12.5. The van der Waals surface area contributed by atoms with Crippen molar-refractivity contribution in [1.82, 2.24) is 24.9 Å². The van der Waals surface area contributed by atoms with Gasteiger partial charge in [-0.1, -0.05) is 30.3 Å². The van der Waals surface area contributed by atoms with E-state index in [0.717, 1.165) is 21.8 Å². The Kier molecular flexibility index (Phi) is 4.68. The molecule has 138 valence electrons. The van der Waals surface area contributed by atoms with Gasteiger partial charge in [0.1, 0.15) is 11.9 Å². The fraction of sp³-hybridized carbons (Fsp3) is 0.278. The second kappa shape index (κ2) is 7.28. The van der Waals surface area contributed by atoms with Crippen LogP contribution in [-0.4, -0.2) is 37.4 Å². The molecule has 1 atom stereocenters. The number of aryl methyl sites for hydroxylation is 2. The molecule has 0 saturated heterocycles. The molecule has 3 heterocycles. The Morgan fingerprint density at radius 3 is 2.96 bits per heavy atom. The number of benzene rings is 1. The highest BCUT2D eigenvalue weighted by Crippen LogP contribution is 2.28. The van der Waals surface area contributed by atoms with Crippen LogP contribution in [0.15, 0.2) is 30.3 Å². The first-order valence-electron chi connectivity index (χ1n) is 8.62. The van der Waals surface area contributed by atoms with Gasteiger partial charge in [0.25, 0.3) is 5.91 Å². The first kappa shape index (κ1) is 17.3. The molecule has 0 spiro atoms. The third-order valence-corrected chi connectivity index (χ3v) is 5.41. The largest absolute Gasteiger partial charge is 0.337 e. The van der Waals surface area contributed by atoms with Gasteiger partial charge in [0, 0.05) is 11.3 Å². The molecule has 2 amide bonds. The number of fused-ring (bicyclic) bond motifs is 1. The van der Waals surface area contributed by atoms with Gasteiger partial charge in [0.05, 0.1) is 11.4 Å². The van der Waals surface area contributed by atoms with Gasteiger partial charge in [0.15, 0.2) is 0 Å². The number of nitrogens with zero attached hydrogens (tertiary/aromatic N) is 3. The van der Waals surface area contributed by atoms with Crippen LogP contribution in [-0.2, 0) is 17.6 Å². The minimum atomic E-state index is -0.632. The number of aromatic amines is 1. The van der Waals surface area contributed by atoms with Crippen molar-refractivity contribution in [3.63, 3.8) is 0 Å². The van der Waals surface area contributed by atoms with Crippen molar-refractivity contribution in [2.75, 3.05) is 5.32 Å². The van der Waals surface area contributed by atoms with Crippen molar-refractivity contribution in [2.24, 2.45) is 0 Å². The van der Waals surface area contributed by atoms with E-state index in [-0.39, 0.29) is 11.7 Å². The molecule has 1 aliphatic heterocycles. The summed E-state index contributed by atoms with van der Waals surface area (Å²) < 4.78 is 4.26. The molecule has 8 nitrogen and oxygen atoms in total. The third-order valence-electron chi connectivity index (χ3n) is 4.41. The van der Waals surface area contributed by atoms with Crippen molar-refractivity contribution >= 4 is 29.0 Å². The van der Waals surface area contributed by atoms with Crippen molar-refractivity contribution < 1.29 is 9.59 Å². The van der Waals surface area contributed by atoms with Gasteiger partial charge < -0.3 is 10.6 Å². The van der Waals surface area contributed by atoms with E-state index in [1.807, 2.05) is 37.3 Å². The van der Waals surface area contributed by atoms with Gasteiger partial charge in [-0.25, -0.2) is 4.98 Å². The zero-order valence-corrected chi connectivity index (χ0v) is 15.5. The summed E-state index contributed by atoms with van der Waals surface area (Å²) in [5, 5.41) is 12.4. The molecule has 1 aliphatic rings. The summed E-state index contributed by atoms with van der Waals surface area (Å²) >= 11 is 1.38. The number of aromatic nitrogens is 4. The Hall–Kier alpha value is -3.07. The van der Waals surface area contributed by atoms with Crippen LogP contribution in [0.2, 0.25) is 0 Å². The van der Waals surface area contributed by atoms with E-state index in [9.17, 15) is 9.59 Å². The van der Waals surface area contributed by atoms with Crippen LogP contribution in [0, 0.1) is 6.92 Å². The molecule has 0 unspecified atom stereocenters. The van der Waals surface area contributed by atoms with Gasteiger partial charge >= 0.3 is 0 Å². The Morgan fingerprint density at radius 1 is 1.33 bits per heavy atom. The normalized spacial score (nSPS) is 16.3. The number of H-pyrrole nitrogens is 1. The van der Waals surface area contributed by atoms with Crippen molar-refractivity contribution in [1.29, 1.82) is 0 Å². The Bertz CT molecular complexity index is 981. The summed E-state index contributed by atoms with van der Waals surface area (Å²) in [6.45, 7) is 1.86. The average molecular weight is 382 g/mol. The second-order valence-corrected chi connectivity index (χ2v) is 7.25. The summed E-state index contributed by atoms with van der Waals surface area (Å²) in [4.78, 5) is 30.2. The van der Waals surface area contributed by atoms with E-state index >= 15 is 0 Å². The molecule has 27 heavy (non-hydrogen) atoms. The maximum Gasteiger partial charge on any atom is 0.291 e. The van der Waals surface area contributed by atoms with Gasteiger partial charge in [0.2, 0.25) is 11.7 Å². The fourth-order valence-electron chi connectivity index (χ4n) is 2.99. The van der Waals surface area contributed by atoms with Crippen LogP contribution >= 0.6 is 11.5 Å². The van der Waals surface area contributed by atoms with Crippen LogP contribution in [0.4, 0.5) is 5.69 Å². The molecule has 2 aromatic heterocycles. The van der Waals surface area contributed by atoms with Crippen LogP contribution in [0.3, 0.4) is 0 Å². The van der Waals surface area contributed by atoms with Gasteiger partial charge in [-0.3, -0.25) is 14.7 Å². The molecule has 0 radical (unpaired) electrons. The molecular formula is C18H18N6O2S. The maximum atomic E-state index is 12.5. The van der Waals surface area contributed by atoms with Gasteiger partial charge in [-0.2, -0.15) is 4.37 Å². The van der Waals surface area contributed by atoms with Crippen LogP contribution in [0.25, 0.3) is 0 Å². The number of rotatable bonds is 4. The SMILES string of the molecule is Cc1nsc2c1NC(=O)[C@@H](NC(=O)c1n[nH]c(Cc3ccccc3)n1)CC2. The number of hydrogen-bond donors (Lipinski definition) is 3. The van der Waals surface area contributed by atoms with E-state index in [2.05, 4.69) is 30.2 Å². The molecule has 0 aliphatic carbocycles. The predicted molar refractivity (Wildman–Crippen MR) is 101 cm³/mol. The Morgan fingerprint density at radius 2 is 2.15 bits per heavy atom. The molecule has 0 saturated carbocycles. The highest BCUT2D eigenvalue weighted by atomic mass is 32.1. The van der Waals surface area contributed by atoms with E-state index in [4.69, 9.17) is 0 Å². The van der Waals surface area contributed by atoms with Gasteiger partial charge in [-0.15, -0.1) is 5.10 Å². The highest BCUT2D eigenvalue weighted by molar-refractivity contribution is 7.06. The van der Waals surface area contributed by atoms with E-state index in [0.29, 0.717) is 25.1 Å². The van der Waals surface area contributed by atoms with E-state index in [1.54, 1.807) is 0 Å². The first-order chi connectivity index (χ1) is 13.1. The Balaban J connectivity index is 1.41. The smallest absolute Gasteiger partial charge is 0.291 e. The molecule has 1 aromatic carbocycles. The van der Waals surface area contributed by atoms with Crippen LogP contribution in [0.5, 0.6) is 0 Å². The monoisotopic (exact) mass is 382 g/mol. The summed E-state index contributed by atoms with van der Waals surface area (Å²) in [6, 6.07) is 9.16. The quantitative estimate of drug-likeness (QED) is 0.637. The number of hydrogen-bond acceptors (Lipinski definition) is 6. The molecule has 3 aromatic rings. The molecule has 4 rings (SSSR count).